The third-order valence-electron chi connectivity index (χ3n) is 4.43. The van der Waals surface area contributed by atoms with E-state index >= 15 is 0 Å². The summed E-state index contributed by atoms with van der Waals surface area (Å²) < 4.78 is 4.92. The van der Waals surface area contributed by atoms with E-state index in [0.717, 1.165) is 30.2 Å². The summed E-state index contributed by atoms with van der Waals surface area (Å²) in [6.45, 7) is 6.32. The molecule has 1 aromatic heterocycles. The zero-order valence-electron chi connectivity index (χ0n) is 16.1. The Balaban J connectivity index is 1.51. The maximum atomic E-state index is 12.2. The minimum Gasteiger partial charge on any atom is -0.466 e. The van der Waals surface area contributed by atoms with Crippen LogP contribution in [0.25, 0.3) is 0 Å². The van der Waals surface area contributed by atoms with Gasteiger partial charge in [-0.25, -0.2) is 4.79 Å². The second-order valence-electron chi connectivity index (χ2n) is 6.84. The van der Waals surface area contributed by atoms with Crippen LogP contribution in [0.2, 0.25) is 0 Å². The van der Waals surface area contributed by atoms with E-state index in [2.05, 4.69) is 32.7 Å². The third-order valence-corrected chi connectivity index (χ3v) is 5.33. The molecule has 1 saturated heterocycles. The van der Waals surface area contributed by atoms with Crippen LogP contribution in [0.3, 0.4) is 0 Å². The molecule has 0 saturated carbocycles. The number of ether oxygens (including phenoxy) is 1. The summed E-state index contributed by atoms with van der Waals surface area (Å²) in [5.41, 5.74) is 1.45. The Hall–Kier alpha value is -2.68. The molecule has 0 bridgehead atoms. The fourth-order valence-corrected chi connectivity index (χ4v) is 3.88. The molecule has 0 radical (unpaired) electrons. The molecule has 2 amide bonds. The number of rotatable bonds is 6. The average molecular weight is 404 g/mol. The van der Waals surface area contributed by atoms with Crippen LogP contribution in [-0.4, -0.2) is 41.9 Å². The second kappa shape index (κ2) is 9.50. The number of amides is 2. The van der Waals surface area contributed by atoms with Crippen molar-refractivity contribution < 1.29 is 14.3 Å². The Bertz CT molecular complexity index is 808. The summed E-state index contributed by atoms with van der Waals surface area (Å²) in [5.74, 6) is 0.375. The van der Waals surface area contributed by atoms with Crippen LogP contribution < -0.4 is 15.5 Å². The predicted molar refractivity (Wildman–Crippen MR) is 110 cm³/mol. The van der Waals surface area contributed by atoms with Crippen LogP contribution in [0, 0.1) is 5.92 Å². The van der Waals surface area contributed by atoms with Gasteiger partial charge in [0.1, 0.15) is 0 Å². The topological polar surface area (TPSA) is 96.4 Å². The molecule has 8 nitrogen and oxygen atoms in total. The van der Waals surface area contributed by atoms with Gasteiger partial charge in [0, 0.05) is 18.8 Å². The van der Waals surface area contributed by atoms with Crippen molar-refractivity contribution in [2.75, 3.05) is 35.2 Å². The number of nitrogens with one attached hydrogen (secondary N) is 2. The lowest BCUT2D eigenvalue weighted by Gasteiger charge is -2.29. The Morgan fingerprint density at radius 1 is 1.25 bits per heavy atom. The highest BCUT2D eigenvalue weighted by Gasteiger charge is 2.20. The maximum absolute atomic E-state index is 12.2. The molecule has 1 atom stereocenters. The molecular formula is C19H25N5O3S. The monoisotopic (exact) mass is 403 g/mol. The van der Waals surface area contributed by atoms with Crippen molar-refractivity contribution in [3.8, 4) is 0 Å². The number of aromatic nitrogens is 2. The SMILES string of the molecule is CCOC(=O)Cc1ccc(NC(=O)Nc2nnc(N3CCC[C@H](C)C3)s2)cc1. The Kier molecular flexibility index (Phi) is 6.80. The predicted octanol–water partition coefficient (Wildman–Crippen LogP) is 3.52. The lowest BCUT2D eigenvalue weighted by Crippen LogP contribution is -2.34. The Labute approximate surface area is 168 Å². The minimum atomic E-state index is -0.382. The quantitative estimate of drug-likeness (QED) is 0.717. The van der Waals surface area contributed by atoms with Crippen molar-refractivity contribution in [3.05, 3.63) is 29.8 Å². The van der Waals surface area contributed by atoms with E-state index in [1.165, 1.54) is 17.8 Å². The molecule has 1 fully saturated rings. The first kappa shape index (κ1) is 20.1. The fraction of sp³-hybridized carbons (Fsp3) is 0.474. The number of nitrogens with zero attached hydrogens (tertiary/aromatic N) is 3. The van der Waals surface area contributed by atoms with Gasteiger partial charge in [0.15, 0.2) is 0 Å². The van der Waals surface area contributed by atoms with Gasteiger partial charge in [0.2, 0.25) is 10.3 Å². The first-order valence-electron chi connectivity index (χ1n) is 9.44. The number of carbonyl (C=O) groups excluding carboxylic acids is 2. The Morgan fingerprint density at radius 3 is 2.75 bits per heavy atom. The van der Waals surface area contributed by atoms with E-state index in [1.807, 2.05) is 0 Å². The van der Waals surface area contributed by atoms with Gasteiger partial charge >= 0.3 is 12.0 Å². The summed E-state index contributed by atoms with van der Waals surface area (Å²) in [4.78, 5) is 25.9. The van der Waals surface area contributed by atoms with Crippen LogP contribution in [-0.2, 0) is 16.0 Å². The molecule has 1 aliphatic rings. The molecule has 2 N–H and O–H groups in total. The molecule has 150 valence electrons. The molecule has 0 spiro atoms. The highest BCUT2D eigenvalue weighted by molar-refractivity contribution is 7.19. The summed E-state index contributed by atoms with van der Waals surface area (Å²) >= 11 is 1.37. The van der Waals surface area contributed by atoms with Gasteiger partial charge in [-0.15, -0.1) is 10.2 Å². The van der Waals surface area contributed by atoms with E-state index < -0.39 is 0 Å². The van der Waals surface area contributed by atoms with Crippen LogP contribution >= 0.6 is 11.3 Å². The van der Waals surface area contributed by atoms with Gasteiger partial charge in [0.25, 0.3) is 0 Å². The van der Waals surface area contributed by atoms with Crippen molar-refractivity contribution >= 4 is 39.3 Å². The van der Waals surface area contributed by atoms with Gasteiger partial charge in [-0.3, -0.25) is 10.1 Å². The molecule has 2 heterocycles. The summed E-state index contributed by atoms with van der Waals surface area (Å²) in [6, 6.07) is 6.68. The molecule has 28 heavy (non-hydrogen) atoms. The second-order valence-corrected chi connectivity index (χ2v) is 7.80. The van der Waals surface area contributed by atoms with Crippen molar-refractivity contribution in [2.24, 2.45) is 5.92 Å². The fourth-order valence-electron chi connectivity index (χ4n) is 3.10. The summed E-state index contributed by atoms with van der Waals surface area (Å²) in [7, 11) is 0. The number of benzene rings is 1. The molecule has 1 aliphatic heterocycles. The van der Waals surface area contributed by atoms with Crippen LogP contribution in [0.4, 0.5) is 20.7 Å². The van der Waals surface area contributed by atoms with Gasteiger partial charge in [-0.2, -0.15) is 0 Å². The largest absolute Gasteiger partial charge is 0.466 e. The highest BCUT2D eigenvalue weighted by atomic mass is 32.1. The maximum Gasteiger partial charge on any atom is 0.325 e. The van der Waals surface area contributed by atoms with E-state index in [-0.39, 0.29) is 18.4 Å². The molecule has 9 heteroatoms. The van der Waals surface area contributed by atoms with Gasteiger partial charge < -0.3 is 15.0 Å². The normalized spacial score (nSPS) is 16.5. The first-order valence-corrected chi connectivity index (χ1v) is 10.3. The molecule has 2 aromatic rings. The molecule has 0 unspecified atom stereocenters. The number of urea groups is 1. The van der Waals surface area contributed by atoms with Crippen LogP contribution in [0.5, 0.6) is 0 Å². The van der Waals surface area contributed by atoms with Crippen molar-refractivity contribution in [3.63, 3.8) is 0 Å². The molecule has 1 aromatic carbocycles. The number of esters is 1. The molecule has 3 rings (SSSR count). The van der Waals surface area contributed by atoms with E-state index in [9.17, 15) is 9.59 Å². The van der Waals surface area contributed by atoms with Crippen LogP contribution in [0.15, 0.2) is 24.3 Å². The van der Waals surface area contributed by atoms with Crippen molar-refractivity contribution in [1.82, 2.24) is 10.2 Å². The number of hydrogen-bond acceptors (Lipinski definition) is 7. The standard InChI is InChI=1S/C19H25N5O3S/c1-3-27-16(25)11-14-6-8-15(9-7-14)20-17(26)21-18-22-23-19(28-18)24-10-4-5-13(2)12-24/h6-9,13H,3-5,10-12H2,1-2H3,(H2,20,21,22,26)/t13-/m0/s1. The van der Waals surface area contributed by atoms with E-state index in [4.69, 9.17) is 4.74 Å². The van der Waals surface area contributed by atoms with Crippen molar-refractivity contribution in [2.45, 2.75) is 33.1 Å². The number of hydrogen-bond donors (Lipinski definition) is 2. The van der Waals surface area contributed by atoms with Crippen LogP contribution in [0.1, 0.15) is 32.3 Å². The molecule has 0 aliphatic carbocycles. The third kappa shape index (κ3) is 5.66. The van der Waals surface area contributed by atoms with E-state index in [1.54, 1.807) is 31.2 Å². The zero-order valence-corrected chi connectivity index (χ0v) is 16.9. The van der Waals surface area contributed by atoms with E-state index in [0.29, 0.717) is 23.3 Å². The minimum absolute atomic E-state index is 0.211. The highest BCUT2D eigenvalue weighted by Crippen LogP contribution is 2.28. The van der Waals surface area contributed by atoms with Gasteiger partial charge in [0.05, 0.1) is 13.0 Å². The summed E-state index contributed by atoms with van der Waals surface area (Å²) in [5, 5.41) is 15.0. The zero-order chi connectivity index (χ0) is 19.9. The summed E-state index contributed by atoms with van der Waals surface area (Å²) in [6.07, 6.45) is 2.60. The first-order chi connectivity index (χ1) is 13.5. The number of anilines is 3. The smallest absolute Gasteiger partial charge is 0.325 e. The number of carbonyl (C=O) groups is 2. The lowest BCUT2D eigenvalue weighted by molar-refractivity contribution is -0.142. The average Bonchev–Trinajstić information content (AvgIpc) is 3.12. The molecular weight excluding hydrogens is 378 g/mol. The van der Waals surface area contributed by atoms with Gasteiger partial charge in [-0.1, -0.05) is 30.4 Å². The van der Waals surface area contributed by atoms with Gasteiger partial charge in [-0.05, 0) is 43.4 Å². The Morgan fingerprint density at radius 2 is 2.04 bits per heavy atom. The van der Waals surface area contributed by atoms with Crippen molar-refractivity contribution in [1.29, 1.82) is 0 Å². The number of piperidine rings is 1. The lowest BCUT2D eigenvalue weighted by atomic mass is 10.0.